The molecule has 0 aromatic heterocycles. The molecule has 2 aliphatic rings. The van der Waals surface area contributed by atoms with E-state index < -0.39 is 45.4 Å². The van der Waals surface area contributed by atoms with Gasteiger partial charge in [0.2, 0.25) is 17.7 Å². The molecule has 1 heterocycles. The van der Waals surface area contributed by atoms with E-state index in [1.54, 1.807) is 19.1 Å². The van der Waals surface area contributed by atoms with E-state index in [9.17, 15) is 22.8 Å². The van der Waals surface area contributed by atoms with Crippen LogP contribution < -0.4 is 11.1 Å². The average Bonchev–Trinajstić information content (AvgIpc) is 3.27. The molecule has 1 aliphatic carbocycles. The molecule has 36 heavy (non-hydrogen) atoms. The van der Waals surface area contributed by atoms with Crippen molar-refractivity contribution < 1.29 is 22.8 Å². The highest BCUT2D eigenvalue weighted by Crippen LogP contribution is 2.25. The number of amides is 3. The molecular weight excluding hydrogens is 482 g/mol. The molecule has 0 bridgehead atoms. The molecule has 1 aromatic carbocycles. The lowest BCUT2D eigenvalue weighted by molar-refractivity contribution is -0.144. The number of nitrogens with zero attached hydrogens (tertiary/aromatic N) is 2. The molecule has 10 nitrogen and oxygen atoms in total. The summed E-state index contributed by atoms with van der Waals surface area (Å²) >= 11 is 0. The predicted octanol–water partition coefficient (Wildman–Crippen LogP) is 1.17. The molecule has 2 atom stereocenters. The van der Waals surface area contributed by atoms with Gasteiger partial charge in [-0.15, -0.1) is 0 Å². The van der Waals surface area contributed by atoms with Crippen molar-refractivity contribution in [3.8, 4) is 0 Å². The van der Waals surface area contributed by atoms with Gasteiger partial charge in [-0.3, -0.25) is 30.0 Å². The first-order chi connectivity index (χ1) is 17.0. The molecular formula is C25H37N5O5S. The number of sulfone groups is 1. The van der Waals surface area contributed by atoms with Gasteiger partial charge in [0.25, 0.3) is 0 Å². The zero-order valence-electron chi connectivity index (χ0n) is 21.0. The summed E-state index contributed by atoms with van der Waals surface area (Å²) in [5.41, 5.74) is 7.10. The van der Waals surface area contributed by atoms with E-state index in [2.05, 4.69) is 5.32 Å². The van der Waals surface area contributed by atoms with Crippen molar-refractivity contribution in [3.63, 3.8) is 0 Å². The second-order valence-electron chi connectivity index (χ2n) is 9.93. The summed E-state index contributed by atoms with van der Waals surface area (Å²) in [6.45, 7) is 2.78. The second-order valence-corrected chi connectivity index (χ2v) is 12.1. The largest absolute Gasteiger partial charge is 0.384 e. The Bertz CT molecular complexity index is 1080. The van der Waals surface area contributed by atoms with Crippen LogP contribution in [0, 0.1) is 5.41 Å². The highest BCUT2D eigenvalue weighted by Gasteiger charge is 2.37. The van der Waals surface area contributed by atoms with Crippen LogP contribution in [-0.2, 0) is 30.8 Å². The Hall–Kier alpha value is -2.79. The quantitative estimate of drug-likeness (QED) is 0.327. The number of likely N-dealkylation sites (tertiary alicyclic amines) is 1. The van der Waals surface area contributed by atoms with Gasteiger partial charge in [0.1, 0.15) is 17.6 Å². The van der Waals surface area contributed by atoms with Gasteiger partial charge in [-0.2, -0.15) is 0 Å². The Morgan fingerprint density at radius 1 is 1.11 bits per heavy atom. The van der Waals surface area contributed by atoms with Gasteiger partial charge in [0, 0.05) is 24.4 Å². The standard InChI is InChI=1S/C25H37N5O5S/c1-17(30(20-7-4-3-5-8-20)22(31)16-36(2,34)35)24(32)28-25(33)21-9-6-14-29(21)15-18-10-12-19(13-11-18)23(26)27/h10-13,17,20-21H,3-9,14-16H2,1-2H3,(H3,26,27)(H,28,32,33)/t17-,21-/m0/s1. The Labute approximate surface area is 213 Å². The highest BCUT2D eigenvalue weighted by atomic mass is 32.2. The number of benzene rings is 1. The summed E-state index contributed by atoms with van der Waals surface area (Å²) in [7, 11) is -3.56. The van der Waals surface area contributed by atoms with Crippen molar-refractivity contribution in [1.82, 2.24) is 15.1 Å². The maximum Gasteiger partial charge on any atom is 0.249 e. The van der Waals surface area contributed by atoms with Gasteiger partial charge in [-0.05, 0) is 44.7 Å². The highest BCUT2D eigenvalue weighted by molar-refractivity contribution is 7.91. The van der Waals surface area contributed by atoms with E-state index in [0.29, 0.717) is 37.9 Å². The average molecular weight is 520 g/mol. The molecule has 2 fully saturated rings. The minimum Gasteiger partial charge on any atom is -0.384 e. The van der Waals surface area contributed by atoms with Crippen LogP contribution in [0.2, 0.25) is 0 Å². The molecule has 1 aliphatic heterocycles. The molecule has 1 aromatic rings. The van der Waals surface area contributed by atoms with Gasteiger partial charge < -0.3 is 10.6 Å². The third-order valence-electron chi connectivity index (χ3n) is 7.00. The van der Waals surface area contributed by atoms with E-state index in [1.165, 1.54) is 4.90 Å². The van der Waals surface area contributed by atoms with E-state index in [-0.39, 0.29) is 11.9 Å². The zero-order chi connectivity index (χ0) is 26.5. The van der Waals surface area contributed by atoms with Gasteiger partial charge in [-0.1, -0.05) is 43.5 Å². The Kier molecular flexibility index (Phi) is 9.24. The number of hydrogen-bond donors (Lipinski definition) is 3. The number of rotatable bonds is 9. The van der Waals surface area contributed by atoms with Gasteiger partial charge >= 0.3 is 0 Å². The van der Waals surface area contributed by atoms with E-state index >= 15 is 0 Å². The summed E-state index contributed by atoms with van der Waals surface area (Å²) in [4.78, 5) is 42.5. The molecule has 3 rings (SSSR count). The number of nitrogen functional groups attached to an aromatic ring is 1. The van der Waals surface area contributed by atoms with Crippen molar-refractivity contribution in [2.45, 2.75) is 76.5 Å². The van der Waals surface area contributed by atoms with Gasteiger partial charge in [0.05, 0.1) is 6.04 Å². The second kappa shape index (κ2) is 12.0. The fraction of sp³-hybridized carbons (Fsp3) is 0.600. The smallest absolute Gasteiger partial charge is 0.249 e. The van der Waals surface area contributed by atoms with E-state index in [1.807, 2.05) is 17.0 Å². The van der Waals surface area contributed by atoms with Gasteiger partial charge in [-0.25, -0.2) is 8.42 Å². The molecule has 0 unspecified atom stereocenters. The third-order valence-corrected chi connectivity index (χ3v) is 7.77. The molecule has 198 valence electrons. The number of imide groups is 1. The summed E-state index contributed by atoms with van der Waals surface area (Å²) < 4.78 is 23.6. The van der Waals surface area contributed by atoms with E-state index in [4.69, 9.17) is 11.1 Å². The maximum atomic E-state index is 13.1. The summed E-state index contributed by atoms with van der Waals surface area (Å²) in [6, 6.07) is 5.61. The molecule has 0 radical (unpaired) electrons. The minimum atomic E-state index is -3.56. The Balaban J connectivity index is 1.67. The number of carbonyl (C=O) groups excluding carboxylic acids is 3. The number of hydrogen-bond acceptors (Lipinski definition) is 7. The van der Waals surface area contributed by atoms with Crippen molar-refractivity contribution in [1.29, 1.82) is 5.41 Å². The number of nitrogens with two attached hydrogens (primary N) is 1. The van der Waals surface area contributed by atoms with Crippen LogP contribution in [0.4, 0.5) is 0 Å². The van der Waals surface area contributed by atoms with Crippen LogP contribution in [0.25, 0.3) is 0 Å². The first-order valence-electron chi connectivity index (χ1n) is 12.5. The normalized spacial score (nSPS) is 20.0. The number of carbonyl (C=O) groups is 3. The number of nitrogens with one attached hydrogen (secondary N) is 2. The van der Waals surface area contributed by atoms with Crippen LogP contribution in [-0.4, -0.2) is 78.5 Å². The summed E-state index contributed by atoms with van der Waals surface area (Å²) in [6.07, 6.45) is 6.70. The third kappa shape index (κ3) is 7.36. The maximum absolute atomic E-state index is 13.1. The molecule has 1 saturated heterocycles. The zero-order valence-corrected chi connectivity index (χ0v) is 21.9. The molecule has 4 N–H and O–H groups in total. The van der Waals surface area contributed by atoms with Crippen molar-refractivity contribution in [2.24, 2.45) is 5.73 Å². The molecule has 0 spiro atoms. The Morgan fingerprint density at radius 3 is 2.33 bits per heavy atom. The lowest BCUT2D eigenvalue weighted by Crippen LogP contribution is -2.56. The van der Waals surface area contributed by atoms with Crippen molar-refractivity contribution >= 4 is 33.4 Å². The van der Waals surface area contributed by atoms with Crippen LogP contribution in [0.5, 0.6) is 0 Å². The summed E-state index contributed by atoms with van der Waals surface area (Å²) in [5, 5.41) is 10.0. The topological polar surface area (TPSA) is 154 Å². The fourth-order valence-corrected chi connectivity index (χ4v) is 5.76. The molecule has 3 amide bonds. The van der Waals surface area contributed by atoms with Crippen molar-refractivity contribution in [3.05, 3.63) is 35.4 Å². The van der Waals surface area contributed by atoms with Gasteiger partial charge in [0.15, 0.2) is 9.84 Å². The monoisotopic (exact) mass is 519 g/mol. The Morgan fingerprint density at radius 2 is 1.75 bits per heavy atom. The first-order valence-corrected chi connectivity index (χ1v) is 14.5. The van der Waals surface area contributed by atoms with Crippen LogP contribution in [0.3, 0.4) is 0 Å². The van der Waals surface area contributed by atoms with Crippen LogP contribution in [0.1, 0.15) is 63.0 Å². The first kappa shape index (κ1) is 27.8. The SMILES string of the molecule is C[C@@H](C(=O)NC(=O)[C@@H]1CCCN1Cc1ccc(C(=N)N)cc1)N(C(=O)CS(C)(=O)=O)C1CCCCC1. The predicted molar refractivity (Wildman–Crippen MR) is 137 cm³/mol. The van der Waals surface area contributed by atoms with Crippen molar-refractivity contribution in [2.75, 3.05) is 18.6 Å². The van der Waals surface area contributed by atoms with Crippen LogP contribution in [0.15, 0.2) is 24.3 Å². The minimum absolute atomic E-state index is 0.00935. The molecule has 1 saturated carbocycles. The number of amidine groups is 1. The lowest BCUT2D eigenvalue weighted by atomic mass is 9.93. The molecule has 11 heteroatoms. The lowest BCUT2D eigenvalue weighted by Gasteiger charge is -2.38. The summed E-state index contributed by atoms with van der Waals surface area (Å²) in [5.74, 6) is -2.27. The van der Waals surface area contributed by atoms with Crippen LogP contribution >= 0.6 is 0 Å². The fourth-order valence-electron chi connectivity index (χ4n) is 5.17. The van der Waals surface area contributed by atoms with E-state index in [0.717, 1.165) is 37.5 Å².